The van der Waals surface area contributed by atoms with Crippen molar-refractivity contribution in [2.45, 2.75) is 20.1 Å². The Morgan fingerprint density at radius 3 is 2.71 bits per heavy atom. The van der Waals surface area contributed by atoms with Gasteiger partial charge in [-0.05, 0) is 43.3 Å². The molecular weight excluding hydrogens is 289 g/mol. The van der Waals surface area contributed by atoms with E-state index in [9.17, 15) is 4.39 Å². The van der Waals surface area contributed by atoms with Crippen LogP contribution in [-0.4, -0.2) is 4.57 Å². The number of benzene rings is 2. The maximum absolute atomic E-state index is 13.6. The average molecular weight is 304 g/mol. The van der Waals surface area contributed by atoms with E-state index in [-0.39, 0.29) is 11.6 Å². The Bertz CT molecular complexity index is 782. The summed E-state index contributed by atoms with van der Waals surface area (Å²) in [5.41, 5.74) is 2.10. The molecule has 0 saturated heterocycles. The zero-order chi connectivity index (χ0) is 14.8. The average Bonchev–Trinajstić information content (AvgIpc) is 2.82. The molecule has 0 amide bonds. The molecule has 0 aliphatic heterocycles. The summed E-state index contributed by atoms with van der Waals surface area (Å²) < 4.78 is 21.3. The molecule has 3 aromatic rings. The Kier molecular flexibility index (Phi) is 3.84. The third-order valence-corrected chi connectivity index (χ3v) is 3.71. The summed E-state index contributed by atoms with van der Waals surface area (Å²) in [7, 11) is 0. The van der Waals surface area contributed by atoms with Crippen molar-refractivity contribution in [3.8, 4) is 5.75 Å². The van der Waals surface area contributed by atoms with Crippen molar-refractivity contribution < 1.29 is 9.13 Å². The summed E-state index contributed by atoms with van der Waals surface area (Å²) in [6, 6.07) is 14.3. The predicted molar refractivity (Wildman–Crippen MR) is 83.4 cm³/mol. The van der Waals surface area contributed by atoms with Crippen LogP contribution in [0, 0.1) is 5.82 Å². The minimum Gasteiger partial charge on any atom is -0.484 e. The number of halogens is 2. The molecule has 2 aromatic carbocycles. The van der Waals surface area contributed by atoms with Crippen molar-refractivity contribution in [1.29, 1.82) is 0 Å². The molecule has 0 aliphatic carbocycles. The van der Waals surface area contributed by atoms with Crippen LogP contribution in [0.15, 0.2) is 48.5 Å². The van der Waals surface area contributed by atoms with E-state index >= 15 is 0 Å². The number of hydrogen-bond donors (Lipinski definition) is 0. The molecule has 21 heavy (non-hydrogen) atoms. The molecule has 0 N–H and O–H groups in total. The highest BCUT2D eigenvalue weighted by atomic mass is 35.5. The second-order valence-corrected chi connectivity index (χ2v) is 5.24. The van der Waals surface area contributed by atoms with Gasteiger partial charge < -0.3 is 9.30 Å². The molecular formula is C17H15ClFNO. The lowest BCUT2D eigenvalue weighted by Gasteiger charge is -2.10. The zero-order valence-corrected chi connectivity index (χ0v) is 12.4. The first-order valence-electron chi connectivity index (χ1n) is 6.84. The molecule has 0 atom stereocenters. The van der Waals surface area contributed by atoms with Crippen LogP contribution in [0.25, 0.3) is 10.9 Å². The monoisotopic (exact) mass is 303 g/mol. The van der Waals surface area contributed by atoms with Crippen molar-refractivity contribution in [1.82, 2.24) is 4.57 Å². The first-order valence-corrected chi connectivity index (χ1v) is 7.22. The van der Waals surface area contributed by atoms with Gasteiger partial charge in [0.1, 0.15) is 6.61 Å². The van der Waals surface area contributed by atoms with Crippen LogP contribution in [-0.2, 0) is 13.2 Å². The molecule has 1 aromatic heterocycles. The standard InChI is InChI=1S/C17H15ClFNO/c1-2-20-14(10-12-9-13(18)7-8-16(12)20)11-21-17-6-4-3-5-15(17)19/h3-10H,2,11H2,1H3. The maximum Gasteiger partial charge on any atom is 0.165 e. The van der Waals surface area contributed by atoms with Crippen molar-refractivity contribution >= 4 is 22.5 Å². The van der Waals surface area contributed by atoms with E-state index in [1.54, 1.807) is 18.2 Å². The van der Waals surface area contributed by atoms with Crippen molar-refractivity contribution in [3.05, 3.63) is 65.1 Å². The van der Waals surface area contributed by atoms with Crippen LogP contribution in [0.5, 0.6) is 5.75 Å². The summed E-state index contributed by atoms with van der Waals surface area (Å²) in [4.78, 5) is 0. The molecule has 0 radical (unpaired) electrons. The van der Waals surface area contributed by atoms with E-state index in [1.165, 1.54) is 6.07 Å². The van der Waals surface area contributed by atoms with Gasteiger partial charge in [-0.1, -0.05) is 23.7 Å². The SMILES string of the molecule is CCn1c(COc2ccccc2F)cc2cc(Cl)ccc21. The van der Waals surface area contributed by atoms with Gasteiger partial charge in [-0.2, -0.15) is 0 Å². The Balaban J connectivity index is 1.92. The third-order valence-electron chi connectivity index (χ3n) is 3.48. The second kappa shape index (κ2) is 5.78. The normalized spacial score (nSPS) is 11.0. The second-order valence-electron chi connectivity index (χ2n) is 4.80. The van der Waals surface area contributed by atoms with Gasteiger partial charge >= 0.3 is 0 Å². The van der Waals surface area contributed by atoms with E-state index in [1.807, 2.05) is 24.3 Å². The number of aromatic nitrogens is 1. The molecule has 4 heteroatoms. The number of ether oxygens (including phenoxy) is 1. The third kappa shape index (κ3) is 2.74. The van der Waals surface area contributed by atoms with E-state index in [4.69, 9.17) is 16.3 Å². The van der Waals surface area contributed by atoms with Crippen LogP contribution in [0.3, 0.4) is 0 Å². The largest absolute Gasteiger partial charge is 0.484 e. The number of rotatable bonds is 4. The molecule has 108 valence electrons. The van der Waals surface area contributed by atoms with Crippen molar-refractivity contribution in [2.75, 3.05) is 0 Å². The molecule has 3 rings (SSSR count). The molecule has 0 fully saturated rings. The molecule has 1 heterocycles. The highest BCUT2D eigenvalue weighted by Gasteiger charge is 2.10. The number of hydrogen-bond acceptors (Lipinski definition) is 1. The smallest absolute Gasteiger partial charge is 0.165 e. The lowest BCUT2D eigenvalue weighted by Crippen LogP contribution is -2.05. The van der Waals surface area contributed by atoms with Gasteiger partial charge in [-0.15, -0.1) is 0 Å². The van der Waals surface area contributed by atoms with Gasteiger partial charge in [-0.25, -0.2) is 4.39 Å². The molecule has 2 nitrogen and oxygen atoms in total. The minimum atomic E-state index is -0.347. The quantitative estimate of drug-likeness (QED) is 0.659. The zero-order valence-electron chi connectivity index (χ0n) is 11.6. The van der Waals surface area contributed by atoms with E-state index in [0.717, 1.165) is 23.1 Å². The molecule has 0 unspecified atom stereocenters. The van der Waals surface area contributed by atoms with E-state index < -0.39 is 0 Å². The highest BCUT2D eigenvalue weighted by molar-refractivity contribution is 6.31. The Morgan fingerprint density at radius 2 is 1.95 bits per heavy atom. The molecule has 0 bridgehead atoms. The Morgan fingerprint density at radius 1 is 1.14 bits per heavy atom. The van der Waals surface area contributed by atoms with Crippen LogP contribution in [0.2, 0.25) is 5.02 Å². The highest BCUT2D eigenvalue weighted by Crippen LogP contribution is 2.25. The van der Waals surface area contributed by atoms with Crippen LogP contribution in [0.1, 0.15) is 12.6 Å². The summed E-state index contributed by atoms with van der Waals surface area (Å²) >= 11 is 6.03. The Labute approximate surface area is 127 Å². The summed E-state index contributed by atoms with van der Waals surface area (Å²) in [6.07, 6.45) is 0. The van der Waals surface area contributed by atoms with Crippen molar-refractivity contribution in [3.63, 3.8) is 0 Å². The minimum absolute atomic E-state index is 0.267. The summed E-state index contributed by atoms with van der Waals surface area (Å²) in [5, 5.41) is 1.77. The van der Waals surface area contributed by atoms with E-state index in [0.29, 0.717) is 11.6 Å². The van der Waals surface area contributed by atoms with Gasteiger partial charge in [0, 0.05) is 22.5 Å². The van der Waals surface area contributed by atoms with Gasteiger partial charge in [0.2, 0.25) is 0 Å². The van der Waals surface area contributed by atoms with Crippen LogP contribution < -0.4 is 4.74 Å². The molecule has 0 aliphatic rings. The van der Waals surface area contributed by atoms with Gasteiger partial charge in [0.25, 0.3) is 0 Å². The lowest BCUT2D eigenvalue weighted by molar-refractivity contribution is 0.281. The first kappa shape index (κ1) is 14.0. The van der Waals surface area contributed by atoms with E-state index in [2.05, 4.69) is 11.5 Å². The fourth-order valence-electron chi connectivity index (χ4n) is 2.51. The fraction of sp³-hybridized carbons (Fsp3) is 0.176. The first-order chi connectivity index (χ1) is 10.2. The number of fused-ring (bicyclic) bond motifs is 1. The van der Waals surface area contributed by atoms with Crippen LogP contribution in [0.4, 0.5) is 4.39 Å². The number of nitrogens with zero attached hydrogens (tertiary/aromatic N) is 1. The lowest BCUT2D eigenvalue weighted by atomic mass is 10.2. The van der Waals surface area contributed by atoms with Gasteiger partial charge in [0.15, 0.2) is 11.6 Å². The fourth-order valence-corrected chi connectivity index (χ4v) is 2.69. The van der Waals surface area contributed by atoms with Crippen molar-refractivity contribution in [2.24, 2.45) is 0 Å². The van der Waals surface area contributed by atoms with Gasteiger partial charge in [0.05, 0.1) is 5.69 Å². The Hall–Kier alpha value is -2.00. The predicted octanol–water partition coefficient (Wildman–Crippen LogP) is 5.03. The van der Waals surface area contributed by atoms with Gasteiger partial charge in [-0.3, -0.25) is 0 Å². The molecule has 0 saturated carbocycles. The van der Waals surface area contributed by atoms with Crippen LogP contribution >= 0.6 is 11.6 Å². The summed E-state index contributed by atoms with van der Waals surface area (Å²) in [6.45, 7) is 3.21. The summed E-state index contributed by atoms with van der Waals surface area (Å²) in [5.74, 6) is -0.0804. The number of para-hydroxylation sites is 1. The number of aryl methyl sites for hydroxylation is 1. The maximum atomic E-state index is 13.6. The topological polar surface area (TPSA) is 14.2 Å². The molecule has 0 spiro atoms.